The number of H-pyrrole nitrogens is 1. The van der Waals surface area contributed by atoms with Crippen molar-refractivity contribution in [3.05, 3.63) is 72.6 Å². The molecule has 0 saturated carbocycles. The molecule has 0 aliphatic heterocycles. The van der Waals surface area contributed by atoms with Crippen molar-refractivity contribution in [1.82, 2.24) is 29.5 Å². The van der Waals surface area contributed by atoms with E-state index in [9.17, 15) is 0 Å². The number of aromatic nitrogens is 6. The average Bonchev–Trinajstić information content (AvgIpc) is 3.33. The zero-order valence-electron chi connectivity index (χ0n) is 15.6. The highest BCUT2D eigenvalue weighted by molar-refractivity contribution is 5.82. The minimum Gasteiger partial charge on any atom is -0.358 e. The van der Waals surface area contributed by atoms with E-state index < -0.39 is 0 Å². The van der Waals surface area contributed by atoms with Gasteiger partial charge in [0.2, 0.25) is 0 Å². The summed E-state index contributed by atoms with van der Waals surface area (Å²) in [4.78, 5) is 20.9. The second kappa shape index (κ2) is 6.45. The second-order valence-corrected chi connectivity index (χ2v) is 6.82. The van der Waals surface area contributed by atoms with E-state index >= 15 is 0 Å². The Kier molecular flexibility index (Phi) is 3.79. The highest BCUT2D eigenvalue weighted by Gasteiger charge is 2.19. The van der Waals surface area contributed by atoms with Crippen molar-refractivity contribution < 1.29 is 0 Å². The quantitative estimate of drug-likeness (QED) is 0.497. The van der Waals surface area contributed by atoms with Gasteiger partial charge in [0.25, 0.3) is 0 Å². The summed E-state index contributed by atoms with van der Waals surface area (Å²) in [6.07, 6.45) is 3.15. The molecular weight excluding hydrogens is 350 g/mol. The number of anilines is 1. The van der Waals surface area contributed by atoms with Gasteiger partial charge < -0.3 is 10.3 Å². The van der Waals surface area contributed by atoms with Crippen molar-refractivity contribution in [2.45, 2.75) is 19.9 Å². The number of rotatable bonds is 4. The third kappa shape index (κ3) is 2.68. The number of hydrogen-bond acceptors (Lipinski definition) is 5. The Labute approximate surface area is 161 Å². The van der Waals surface area contributed by atoms with Crippen LogP contribution >= 0.6 is 0 Å². The fraction of sp³-hybridized carbons (Fsp3) is 0.143. The molecule has 2 N–H and O–H groups in total. The summed E-state index contributed by atoms with van der Waals surface area (Å²) in [5.74, 6) is 1.59. The SMILES string of the molecule is Cc1ccc2c(c1)nc([C@H](C)Nc1ncnc3[nH]cnc13)n2-c1ccccc1. The smallest absolute Gasteiger partial charge is 0.162 e. The number of aryl methyl sites for hydroxylation is 1. The Morgan fingerprint density at radius 3 is 2.75 bits per heavy atom. The molecule has 0 fully saturated rings. The van der Waals surface area contributed by atoms with Crippen molar-refractivity contribution in [3.63, 3.8) is 0 Å². The third-order valence-electron chi connectivity index (χ3n) is 4.81. The first-order chi connectivity index (χ1) is 13.7. The van der Waals surface area contributed by atoms with Crippen molar-refractivity contribution in [2.75, 3.05) is 5.32 Å². The predicted octanol–water partition coefficient (Wildman–Crippen LogP) is 4.17. The molecule has 7 heteroatoms. The van der Waals surface area contributed by atoms with E-state index in [1.807, 2.05) is 18.2 Å². The molecule has 3 aromatic heterocycles. The topological polar surface area (TPSA) is 84.3 Å². The van der Waals surface area contributed by atoms with Crippen LogP contribution in [0.2, 0.25) is 0 Å². The van der Waals surface area contributed by atoms with Crippen LogP contribution in [0.15, 0.2) is 61.2 Å². The summed E-state index contributed by atoms with van der Waals surface area (Å²) in [5, 5.41) is 3.46. The van der Waals surface area contributed by atoms with Crippen molar-refractivity contribution in [1.29, 1.82) is 0 Å². The van der Waals surface area contributed by atoms with Gasteiger partial charge in [0.1, 0.15) is 17.7 Å². The summed E-state index contributed by atoms with van der Waals surface area (Å²) >= 11 is 0. The van der Waals surface area contributed by atoms with Crippen LogP contribution in [-0.2, 0) is 0 Å². The van der Waals surface area contributed by atoms with E-state index in [0.29, 0.717) is 17.0 Å². The maximum absolute atomic E-state index is 4.94. The van der Waals surface area contributed by atoms with E-state index in [0.717, 1.165) is 22.5 Å². The maximum atomic E-state index is 4.94. The summed E-state index contributed by atoms with van der Waals surface area (Å²) in [6, 6.07) is 16.5. The van der Waals surface area contributed by atoms with E-state index in [2.05, 4.69) is 74.0 Å². The Morgan fingerprint density at radius 1 is 1.04 bits per heavy atom. The predicted molar refractivity (Wildman–Crippen MR) is 110 cm³/mol. The molecule has 3 heterocycles. The Bertz CT molecular complexity index is 1270. The lowest BCUT2D eigenvalue weighted by molar-refractivity contribution is 0.769. The van der Waals surface area contributed by atoms with Gasteiger partial charge in [-0.3, -0.25) is 4.57 Å². The molecule has 0 amide bonds. The molecule has 0 bridgehead atoms. The van der Waals surface area contributed by atoms with Gasteiger partial charge in [0.05, 0.1) is 23.4 Å². The first-order valence-electron chi connectivity index (χ1n) is 9.16. The van der Waals surface area contributed by atoms with E-state index in [-0.39, 0.29) is 6.04 Å². The molecule has 5 aromatic rings. The normalized spacial score (nSPS) is 12.5. The number of para-hydroxylation sites is 1. The third-order valence-corrected chi connectivity index (χ3v) is 4.81. The number of fused-ring (bicyclic) bond motifs is 2. The largest absolute Gasteiger partial charge is 0.358 e. The van der Waals surface area contributed by atoms with E-state index in [1.54, 1.807) is 6.33 Å². The molecule has 1 atom stereocenters. The molecule has 0 radical (unpaired) electrons. The second-order valence-electron chi connectivity index (χ2n) is 6.82. The fourth-order valence-corrected chi connectivity index (χ4v) is 3.49. The molecule has 138 valence electrons. The average molecular weight is 369 g/mol. The van der Waals surface area contributed by atoms with Crippen LogP contribution in [0, 0.1) is 6.92 Å². The number of benzene rings is 2. The van der Waals surface area contributed by atoms with Gasteiger partial charge in [0, 0.05) is 5.69 Å². The molecule has 5 rings (SSSR count). The number of nitrogens with zero attached hydrogens (tertiary/aromatic N) is 5. The lowest BCUT2D eigenvalue weighted by Crippen LogP contribution is -2.14. The number of imidazole rings is 2. The molecular formula is C21H19N7. The van der Waals surface area contributed by atoms with Gasteiger partial charge in [-0.1, -0.05) is 24.3 Å². The molecule has 0 spiro atoms. The minimum absolute atomic E-state index is 0.0947. The maximum Gasteiger partial charge on any atom is 0.162 e. The van der Waals surface area contributed by atoms with Crippen LogP contribution in [0.1, 0.15) is 24.4 Å². The summed E-state index contributed by atoms with van der Waals surface area (Å²) in [6.45, 7) is 4.16. The van der Waals surface area contributed by atoms with Gasteiger partial charge in [0.15, 0.2) is 11.5 Å². The first-order valence-corrected chi connectivity index (χ1v) is 9.16. The van der Waals surface area contributed by atoms with Crippen LogP contribution < -0.4 is 5.32 Å². The Balaban J connectivity index is 1.64. The van der Waals surface area contributed by atoms with Crippen LogP contribution in [-0.4, -0.2) is 29.5 Å². The molecule has 0 aliphatic carbocycles. The van der Waals surface area contributed by atoms with E-state index in [1.165, 1.54) is 11.9 Å². The standard InChI is InChI=1S/C21H19N7/c1-13-8-9-17-16(10-13)27-21(28(17)15-6-4-3-5-7-15)14(2)26-20-18-19(23-11-22-18)24-12-25-20/h3-12,14H,1-2H3,(H2,22,23,24,25,26)/t14-/m0/s1. The lowest BCUT2D eigenvalue weighted by Gasteiger charge is -2.17. The monoisotopic (exact) mass is 369 g/mol. The van der Waals surface area contributed by atoms with Crippen molar-refractivity contribution in [3.8, 4) is 5.69 Å². The molecule has 7 nitrogen and oxygen atoms in total. The van der Waals surface area contributed by atoms with Gasteiger partial charge in [-0.2, -0.15) is 0 Å². The highest BCUT2D eigenvalue weighted by atomic mass is 15.2. The summed E-state index contributed by atoms with van der Waals surface area (Å²) < 4.78 is 2.19. The number of nitrogens with one attached hydrogen (secondary N) is 2. The van der Waals surface area contributed by atoms with Gasteiger partial charge in [-0.25, -0.2) is 19.9 Å². The zero-order chi connectivity index (χ0) is 19.1. The Hall–Kier alpha value is -3.74. The number of aromatic amines is 1. The highest BCUT2D eigenvalue weighted by Crippen LogP contribution is 2.28. The van der Waals surface area contributed by atoms with Crippen molar-refractivity contribution in [2.24, 2.45) is 0 Å². The molecule has 0 unspecified atom stereocenters. The Morgan fingerprint density at radius 2 is 1.89 bits per heavy atom. The van der Waals surface area contributed by atoms with E-state index in [4.69, 9.17) is 4.98 Å². The van der Waals surface area contributed by atoms with Crippen LogP contribution in [0.4, 0.5) is 5.82 Å². The summed E-state index contributed by atoms with van der Waals surface area (Å²) in [7, 11) is 0. The lowest BCUT2D eigenvalue weighted by atomic mass is 10.2. The first kappa shape index (κ1) is 16.4. The molecule has 0 aliphatic rings. The summed E-state index contributed by atoms with van der Waals surface area (Å²) in [5.41, 5.74) is 5.73. The minimum atomic E-state index is -0.0947. The molecule has 28 heavy (non-hydrogen) atoms. The van der Waals surface area contributed by atoms with Crippen LogP contribution in [0.5, 0.6) is 0 Å². The van der Waals surface area contributed by atoms with Gasteiger partial charge in [-0.05, 0) is 43.7 Å². The van der Waals surface area contributed by atoms with Gasteiger partial charge in [-0.15, -0.1) is 0 Å². The molecule has 0 saturated heterocycles. The van der Waals surface area contributed by atoms with Crippen molar-refractivity contribution >= 4 is 28.0 Å². The van der Waals surface area contributed by atoms with Gasteiger partial charge >= 0.3 is 0 Å². The van der Waals surface area contributed by atoms with Crippen LogP contribution in [0.3, 0.4) is 0 Å². The fourth-order valence-electron chi connectivity index (χ4n) is 3.49. The zero-order valence-corrected chi connectivity index (χ0v) is 15.6. The number of hydrogen-bond donors (Lipinski definition) is 2. The molecule has 2 aromatic carbocycles. The van der Waals surface area contributed by atoms with Crippen LogP contribution in [0.25, 0.3) is 27.9 Å².